The van der Waals surface area contributed by atoms with Crippen LogP contribution in [0.4, 0.5) is 0 Å². The molecule has 0 aromatic carbocycles. The molecule has 0 aliphatic carbocycles. The van der Waals surface area contributed by atoms with Crippen molar-refractivity contribution >= 4 is 17.7 Å². The number of rotatable bonds is 4. The van der Waals surface area contributed by atoms with Gasteiger partial charge in [-0.2, -0.15) is 0 Å². The van der Waals surface area contributed by atoms with Crippen molar-refractivity contribution in [1.82, 2.24) is 0 Å². The van der Waals surface area contributed by atoms with Crippen molar-refractivity contribution in [3.8, 4) is 11.8 Å². The van der Waals surface area contributed by atoms with E-state index in [1.807, 2.05) is 5.41 Å². The van der Waals surface area contributed by atoms with Crippen LogP contribution in [0.1, 0.15) is 34.1 Å². The van der Waals surface area contributed by atoms with Crippen LogP contribution in [0.3, 0.4) is 0 Å². The molecule has 0 rings (SSSR count). The third kappa shape index (κ3) is 9.42. The number of hydrogen-bond acceptors (Lipinski definition) is 3. The predicted molar refractivity (Wildman–Crippen MR) is 65.5 cm³/mol. The molecule has 0 aromatic rings. The maximum absolute atomic E-state index is 10.7. The summed E-state index contributed by atoms with van der Waals surface area (Å²) in [5.74, 6) is 6.53. The first-order valence-electron chi connectivity index (χ1n) is 4.97. The number of ether oxygens (including phenoxy) is 1. The van der Waals surface area contributed by atoms with E-state index in [1.165, 1.54) is 6.92 Å². The average Bonchev–Trinajstić information content (AvgIpc) is 2.08. The lowest BCUT2D eigenvalue weighted by atomic mass is 10.1. The van der Waals surface area contributed by atoms with Crippen molar-refractivity contribution in [2.75, 3.05) is 5.75 Å². The lowest BCUT2D eigenvalue weighted by Gasteiger charge is -2.16. The van der Waals surface area contributed by atoms with E-state index in [1.54, 1.807) is 31.7 Å². The van der Waals surface area contributed by atoms with E-state index in [2.05, 4.69) is 18.8 Å². The van der Waals surface area contributed by atoms with Crippen molar-refractivity contribution in [3.05, 3.63) is 11.5 Å². The van der Waals surface area contributed by atoms with Crippen LogP contribution in [0, 0.1) is 11.8 Å². The lowest BCUT2D eigenvalue weighted by molar-refractivity contribution is -0.148. The summed E-state index contributed by atoms with van der Waals surface area (Å²) in [4.78, 5) is 10.7. The minimum Gasteiger partial charge on any atom is -0.447 e. The maximum atomic E-state index is 10.7. The van der Waals surface area contributed by atoms with Crippen LogP contribution in [0.15, 0.2) is 11.5 Å². The van der Waals surface area contributed by atoms with E-state index in [-0.39, 0.29) is 5.97 Å². The summed E-state index contributed by atoms with van der Waals surface area (Å²) in [6.07, 6.45) is 2.94. The van der Waals surface area contributed by atoms with Crippen molar-refractivity contribution in [1.29, 1.82) is 0 Å². The molecule has 0 spiro atoms. The van der Waals surface area contributed by atoms with Crippen LogP contribution in [-0.2, 0) is 9.53 Å². The first kappa shape index (κ1) is 14.1. The highest BCUT2D eigenvalue weighted by atomic mass is 32.2. The van der Waals surface area contributed by atoms with Gasteiger partial charge in [0.1, 0.15) is 0 Å². The third-order valence-corrected chi connectivity index (χ3v) is 2.31. The van der Waals surface area contributed by atoms with Gasteiger partial charge in [-0.3, -0.25) is 4.79 Å². The topological polar surface area (TPSA) is 26.3 Å². The SMILES string of the molecule is CCCS/C=C/C#CC(C)(C)OC(C)=O. The average molecular weight is 226 g/mol. The maximum Gasteiger partial charge on any atom is 0.304 e. The Morgan fingerprint density at radius 3 is 2.73 bits per heavy atom. The molecule has 2 nitrogen and oxygen atoms in total. The van der Waals surface area contributed by atoms with E-state index in [9.17, 15) is 4.79 Å². The van der Waals surface area contributed by atoms with Crippen LogP contribution in [0.2, 0.25) is 0 Å². The fraction of sp³-hybridized carbons (Fsp3) is 0.583. The first-order valence-corrected chi connectivity index (χ1v) is 6.01. The normalized spacial score (nSPS) is 10.9. The van der Waals surface area contributed by atoms with Gasteiger partial charge in [-0.1, -0.05) is 18.8 Å². The molecule has 0 radical (unpaired) electrons. The van der Waals surface area contributed by atoms with Gasteiger partial charge < -0.3 is 4.74 Å². The Morgan fingerprint density at radius 1 is 1.53 bits per heavy atom. The molecule has 0 aliphatic heterocycles. The van der Waals surface area contributed by atoms with Gasteiger partial charge in [-0.25, -0.2) is 0 Å². The van der Waals surface area contributed by atoms with Gasteiger partial charge in [0.25, 0.3) is 0 Å². The van der Waals surface area contributed by atoms with Gasteiger partial charge in [0.15, 0.2) is 5.60 Å². The molecule has 0 fully saturated rings. The molecule has 3 heteroatoms. The van der Waals surface area contributed by atoms with Crippen molar-refractivity contribution in [2.24, 2.45) is 0 Å². The molecule has 0 N–H and O–H groups in total. The van der Waals surface area contributed by atoms with E-state index in [0.29, 0.717) is 0 Å². The predicted octanol–water partition coefficient (Wildman–Crippen LogP) is 2.99. The second-order valence-corrected chi connectivity index (χ2v) is 4.56. The van der Waals surface area contributed by atoms with Crippen molar-refractivity contribution in [2.45, 2.75) is 39.7 Å². The standard InChI is InChI=1S/C12H18O2S/c1-5-9-15-10-7-6-8-12(3,4)14-11(2)13/h7,10H,5,9H2,1-4H3/b10-7+. The van der Waals surface area contributed by atoms with Gasteiger partial charge in [0.2, 0.25) is 0 Å². The van der Waals surface area contributed by atoms with Crippen molar-refractivity contribution in [3.63, 3.8) is 0 Å². The molecule has 0 bridgehead atoms. The summed E-state index contributed by atoms with van der Waals surface area (Å²) in [7, 11) is 0. The van der Waals surface area contributed by atoms with E-state index >= 15 is 0 Å². The zero-order chi connectivity index (χ0) is 11.7. The Kier molecular flexibility index (Phi) is 6.98. The fourth-order valence-electron chi connectivity index (χ4n) is 0.868. The monoisotopic (exact) mass is 226 g/mol. The van der Waals surface area contributed by atoms with Gasteiger partial charge in [0, 0.05) is 6.92 Å². The second kappa shape index (κ2) is 7.42. The number of allylic oxidation sites excluding steroid dienone is 1. The molecular formula is C12H18O2S. The molecular weight excluding hydrogens is 208 g/mol. The van der Waals surface area contributed by atoms with E-state index < -0.39 is 5.60 Å². The summed E-state index contributed by atoms with van der Waals surface area (Å²) in [5.41, 5.74) is -0.703. The second-order valence-electron chi connectivity index (χ2n) is 3.55. The minimum absolute atomic E-state index is 0.307. The molecule has 84 valence electrons. The summed E-state index contributed by atoms with van der Waals surface area (Å²) >= 11 is 1.73. The van der Waals surface area contributed by atoms with Crippen LogP contribution in [-0.4, -0.2) is 17.3 Å². The molecule has 0 saturated heterocycles. The van der Waals surface area contributed by atoms with Crippen LogP contribution >= 0.6 is 11.8 Å². The summed E-state index contributed by atoms with van der Waals surface area (Å²) in [5, 5.41) is 1.96. The number of thioether (sulfide) groups is 1. The molecule has 0 aliphatic rings. The number of esters is 1. The summed E-state index contributed by atoms with van der Waals surface area (Å²) in [6, 6.07) is 0. The fourth-order valence-corrected chi connectivity index (χ4v) is 1.40. The van der Waals surface area contributed by atoms with Gasteiger partial charge in [0.05, 0.1) is 0 Å². The van der Waals surface area contributed by atoms with Gasteiger partial charge in [-0.05, 0) is 37.5 Å². The Morgan fingerprint density at radius 2 is 2.20 bits per heavy atom. The molecule has 0 unspecified atom stereocenters. The highest BCUT2D eigenvalue weighted by Crippen LogP contribution is 2.07. The minimum atomic E-state index is -0.703. The van der Waals surface area contributed by atoms with E-state index in [0.717, 1.165) is 12.2 Å². The third-order valence-electron chi connectivity index (χ3n) is 1.34. The van der Waals surface area contributed by atoms with E-state index in [4.69, 9.17) is 4.74 Å². The largest absolute Gasteiger partial charge is 0.447 e. The highest BCUT2D eigenvalue weighted by molar-refractivity contribution is 8.02. The van der Waals surface area contributed by atoms with Crippen LogP contribution in [0.5, 0.6) is 0 Å². The zero-order valence-corrected chi connectivity index (χ0v) is 10.6. The first-order chi connectivity index (χ1) is 6.98. The Balaban J connectivity index is 4.03. The Bertz CT molecular complexity index is 282. The number of carbonyl (C=O) groups excluding carboxylic acids is 1. The lowest BCUT2D eigenvalue weighted by Crippen LogP contribution is -2.24. The Hall–Kier alpha value is -0.880. The number of carbonyl (C=O) groups is 1. The highest BCUT2D eigenvalue weighted by Gasteiger charge is 2.16. The molecule has 0 aromatic heterocycles. The molecule has 0 heterocycles. The molecule has 0 amide bonds. The number of hydrogen-bond donors (Lipinski definition) is 0. The molecule has 0 atom stereocenters. The van der Waals surface area contributed by atoms with Crippen LogP contribution in [0.25, 0.3) is 0 Å². The van der Waals surface area contributed by atoms with Gasteiger partial charge in [-0.15, -0.1) is 11.8 Å². The molecule has 0 saturated carbocycles. The smallest absolute Gasteiger partial charge is 0.304 e. The van der Waals surface area contributed by atoms with Crippen LogP contribution < -0.4 is 0 Å². The molecule has 15 heavy (non-hydrogen) atoms. The summed E-state index contributed by atoms with van der Waals surface area (Å²) in [6.45, 7) is 7.07. The Labute approximate surface area is 96.5 Å². The van der Waals surface area contributed by atoms with Crippen molar-refractivity contribution < 1.29 is 9.53 Å². The van der Waals surface area contributed by atoms with Gasteiger partial charge >= 0.3 is 5.97 Å². The zero-order valence-electron chi connectivity index (χ0n) is 9.79. The summed E-state index contributed by atoms with van der Waals surface area (Å²) < 4.78 is 5.01. The quantitative estimate of drug-likeness (QED) is 0.419.